The van der Waals surface area contributed by atoms with E-state index in [1.54, 1.807) is 0 Å². The van der Waals surface area contributed by atoms with Crippen molar-refractivity contribution in [3.8, 4) is 0 Å². The molecule has 0 bridgehead atoms. The molecule has 0 aliphatic carbocycles. The van der Waals surface area contributed by atoms with Crippen LogP contribution in [0.2, 0.25) is 0 Å². The molecule has 0 saturated carbocycles. The molecule has 0 N–H and O–H groups in total. The van der Waals surface area contributed by atoms with Gasteiger partial charge < -0.3 is 0 Å². The molecule has 149 valence electrons. The fourth-order valence-corrected chi connectivity index (χ4v) is 9.62. The van der Waals surface area contributed by atoms with Gasteiger partial charge in [0.2, 0.25) is 0 Å². The Morgan fingerprint density at radius 1 is 0.419 bits per heavy atom. The summed E-state index contributed by atoms with van der Waals surface area (Å²) in [5.41, 5.74) is 7.64. The number of rotatable bonds is 5. The van der Waals surface area contributed by atoms with Crippen molar-refractivity contribution in [2.24, 2.45) is 0 Å². The van der Waals surface area contributed by atoms with Crippen LogP contribution < -0.4 is 0 Å². The quantitative estimate of drug-likeness (QED) is 0.294. The molecule has 1 nitrogen and oxygen atoms in total. The van der Waals surface area contributed by atoms with Crippen LogP contribution in [0.15, 0.2) is 121 Å². The van der Waals surface area contributed by atoms with Crippen LogP contribution in [-0.4, -0.2) is 21.8 Å². The summed E-state index contributed by atoms with van der Waals surface area (Å²) in [6.07, 6.45) is 0. The molecule has 31 heavy (non-hydrogen) atoms. The van der Waals surface area contributed by atoms with Gasteiger partial charge in [0, 0.05) is 0 Å². The van der Waals surface area contributed by atoms with E-state index in [0.29, 0.717) is 0 Å². The van der Waals surface area contributed by atoms with Gasteiger partial charge >= 0.3 is 189 Å². The van der Waals surface area contributed by atoms with Gasteiger partial charge in [-0.25, -0.2) is 0 Å². The average molecular weight is 460 g/mol. The van der Waals surface area contributed by atoms with Gasteiger partial charge in [-0.2, -0.15) is 0 Å². The summed E-state index contributed by atoms with van der Waals surface area (Å²) in [6.45, 7) is 0. The van der Waals surface area contributed by atoms with E-state index < -0.39 is 14.7 Å². The average Bonchev–Trinajstić information content (AvgIpc) is 3.21. The molecule has 0 amide bonds. The van der Waals surface area contributed by atoms with E-state index >= 15 is 0 Å². The molecule has 2 heteroatoms. The maximum atomic E-state index is 6.40. The van der Waals surface area contributed by atoms with Gasteiger partial charge in [-0.1, -0.05) is 0 Å². The molecule has 0 unspecified atom stereocenters. The molecule has 0 spiro atoms. The Bertz CT molecular complexity index is 1130. The van der Waals surface area contributed by atoms with E-state index in [-0.39, 0.29) is 0 Å². The standard InChI is InChI=1S/C29H23GeO/c1-31-30-28(24-18-10-4-11-19-24)26(22-14-6-2-7-15-22)27(23-16-8-3-9-17-23)29(30)25-20-12-5-13-21-25/h2-21H,1H3. The Hall–Kier alpha value is -3.14. The summed E-state index contributed by atoms with van der Waals surface area (Å²) in [5.74, 6) is 0. The zero-order valence-corrected chi connectivity index (χ0v) is 19.6. The van der Waals surface area contributed by atoms with Crippen molar-refractivity contribution < 1.29 is 3.76 Å². The minimum absolute atomic E-state index is 1.24. The first-order valence-corrected chi connectivity index (χ1v) is 13.5. The van der Waals surface area contributed by atoms with Crippen molar-refractivity contribution in [1.29, 1.82) is 0 Å². The van der Waals surface area contributed by atoms with E-state index in [9.17, 15) is 0 Å². The molecule has 0 atom stereocenters. The molecule has 1 radical (unpaired) electrons. The Labute approximate surface area is 188 Å². The van der Waals surface area contributed by atoms with Crippen LogP contribution >= 0.6 is 0 Å². The molecule has 1 aliphatic rings. The Morgan fingerprint density at radius 2 is 0.710 bits per heavy atom. The van der Waals surface area contributed by atoms with Crippen LogP contribution in [0, 0.1) is 0 Å². The molecular weight excluding hydrogens is 437 g/mol. The summed E-state index contributed by atoms with van der Waals surface area (Å²) in [5, 5.41) is 0. The van der Waals surface area contributed by atoms with E-state index in [4.69, 9.17) is 3.76 Å². The predicted molar refractivity (Wildman–Crippen MR) is 132 cm³/mol. The van der Waals surface area contributed by atoms with Crippen LogP contribution in [0.3, 0.4) is 0 Å². The van der Waals surface area contributed by atoms with Crippen LogP contribution in [0.25, 0.3) is 20.0 Å². The first kappa shape index (κ1) is 19.8. The van der Waals surface area contributed by atoms with Gasteiger partial charge in [-0.05, 0) is 0 Å². The molecule has 0 fully saturated rings. The van der Waals surface area contributed by atoms with Crippen LogP contribution in [0.4, 0.5) is 0 Å². The van der Waals surface area contributed by atoms with Gasteiger partial charge in [-0.15, -0.1) is 0 Å². The Morgan fingerprint density at radius 3 is 1.00 bits per heavy atom. The first-order chi connectivity index (χ1) is 15.4. The zero-order chi connectivity index (χ0) is 21.0. The van der Waals surface area contributed by atoms with Crippen molar-refractivity contribution >= 4 is 34.6 Å². The third-order valence-electron chi connectivity index (χ3n) is 5.66. The first-order valence-electron chi connectivity index (χ1n) is 10.5. The SMILES string of the molecule is C[O][Ge]1[C](c2ccccc2)=C(c2ccccc2)C(c2ccccc2)=[C]1c1ccccc1. The van der Waals surface area contributed by atoms with Crippen molar-refractivity contribution in [2.45, 2.75) is 0 Å². The topological polar surface area (TPSA) is 9.23 Å². The molecule has 4 aromatic rings. The third kappa shape index (κ3) is 3.71. The van der Waals surface area contributed by atoms with Gasteiger partial charge in [0.1, 0.15) is 0 Å². The van der Waals surface area contributed by atoms with Crippen molar-refractivity contribution in [1.82, 2.24) is 0 Å². The fourth-order valence-electron chi connectivity index (χ4n) is 4.35. The van der Waals surface area contributed by atoms with Crippen LogP contribution in [-0.2, 0) is 3.76 Å². The van der Waals surface area contributed by atoms with E-state index in [1.807, 2.05) is 7.11 Å². The number of benzene rings is 4. The van der Waals surface area contributed by atoms with Gasteiger partial charge in [0.15, 0.2) is 0 Å². The van der Waals surface area contributed by atoms with Crippen molar-refractivity contribution in [2.75, 3.05) is 7.11 Å². The summed E-state index contributed by atoms with van der Waals surface area (Å²) in [6, 6.07) is 43.1. The van der Waals surface area contributed by atoms with E-state index in [1.165, 1.54) is 42.2 Å². The summed E-state index contributed by atoms with van der Waals surface area (Å²) in [4.78, 5) is 0. The van der Waals surface area contributed by atoms with Crippen LogP contribution in [0.5, 0.6) is 0 Å². The minimum atomic E-state index is -2.30. The molecule has 1 heterocycles. The van der Waals surface area contributed by atoms with Gasteiger partial charge in [-0.3, -0.25) is 0 Å². The summed E-state index contributed by atoms with van der Waals surface area (Å²) in [7, 11) is 1.89. The predicted octanol–water partition coefficient (Wildman–Crippen LogP) is 6.94. The van der Waals surface area contributed by atoms with Gasteiger partial charge in [0.05, 0.1) is 0 Å². The molecular formula is C29H23GeO. The zero-order valence-electron chi connectivity index (χ0n) is 17.5. The summed E-state index contributed by atoms with van der Waals surface area (Å²) < 4.78 is 9.16. The monoisotopic (exact) mass is 461 g/mol. The molecule has 4 aromatic carbocycles. The van der Waals surface area contributed by atoms with E-state index in [0.717, 1.165) is 0 Å². The molecule has 0 aromatic heterocycles. The number of hydrogen-bond donors (Lipinski definition) is 0. The van der Waals surface area contributed by atoms with Crippen molar-refractivity contribution in [3.63, 3.8) is 0 Å². The molecule has 0 saturated heterocycles. The van der Waals surface area contributed by atoms with Crippen LogP contribution in [0.1, 0.15) is 22.3 Å². The number of hydrogen-bond acceptors (Lipinski definition) is 1. The Kier molecular flexibility index (Phi) is 5.70. The molecule has 5 rings (SSSR count). The molecule has 1 aliphatic heterocycles. The Balaban J connectivity index is 1.89. The normalized spacial score (nSPS) is 14.4. The second-order valence-electron chi connectivity index (χ2n) is 7.50. The summed E-state index contributed by atoms with van der Waals surface area (Å²) >= 11 is -2.30. The van der Waals surface area contributed by atoms with Crippen molar-refractivity contribution in [3.05, 3.63) is 144 Å². The second kappa shape index (κ2) is 8.93. The third-order valence-corrected chi connectivity index (χ3v) is 10.7. The maximum absolute atomic E-state index is 6.40. The second-order valence-corrected chi connectivity index (χ2v) is 11.8. The van der Waals surface area contributed by atoms with Gasteiger partial charge in [0.25, 0.3) is 0 Å². The fraction of sp³-hybridized carbons (Fsp3) is 0.0345. The van der Waals surface area contributed by atoms with E-state index in [2.05, 4.69) is 121 Å². The number of allylic oxidation sites excluding steroid dienone is 2.